The van der Waals surface area contributed by atoms with Gasteiger partial charge in [-0.05, 0) is 37.1 Å². The van der Waals surface area contributed by atoms with Crippen LogP contribution in [0.1, 0.15) is 23.9 Å². The summed E-state index contributed by atoms with van der Waals surface area (Å²) >= 11 is 0. The number of ether oxygens (including phenoxy) is 1. The molecular formula is C20H23N3O4S. The van der Waals surface area contributed by atoms with Gasteiger partial charge >= 0.3 is 0 Å². The van der Waals surface area contributed by atoms with Gasteiger partial charge in [-0.2, -0.15) is 9.29 Å². The number of hydrogen-bond donors (Lipinski definition) is 0. The minimum absolute atomic E-state index is 0.0192. The van der Waals surface area contributed by atoms with Crippen molar-refractivity contribution in [1.29, 1.82) is 0 Å². The van der Waals surface area contributed by atoms with E-state index in [9.17, 15) is 8.42 Å². The van der Waals surface area contributed by atoms with Crippen LogP contribution in [0.2, 0.25) is 0 Å². The van der Waals surface area contributed by atoms with Crippen LogP contribution in [-0.2, 0) is 23.0 Å². The minimum atomic E-state index is -3.71. The third kappa shape index (κ3) is 4.07. The number of methoxy groups -OCH3 is 1. The Bertz CT molecular complexity index is 1060. The van der Waals surface area contributed by atoms with E-state index in [4.69, 9.17) is 9.26 Å². The summed E-state index contributed by atoms with van der Waals surface area (Å²) in [4.78, 5) is 4.51. The Labute approximate surface area is 165 Å². The lowest BCUT2D eigenvalue weighted by Gasteiger charge is -2.16. The molecule has 0 aliphatic rings. The molecule has 0 atom stereocenters. The van der Waals surface area contributed by atoms with Crippen molar-refractivity contribution in [3.05, 3.63) is 59.5 Å². The van der Waals surface area contributed by atoms with Crippen LogP contribution in [0.5, 0.6) is 5.75 Å². The van der Waals surface area contributed by atoms with Crippen LogP contribution in [-0.4, -0.2) is 37.0 Å². The van der Waals surface area contributed by atoms with E-state index in [1.165, 1.54) is 17.4 Å². The summed E-state index contributed by atoms with van der Waals surface area (Å²) in [6.07, 6.45) is 0.666. The molecule has 0 bridgehead atoms. The average Bonchev–Trinajstić information content (AvgIpc) is 3.16. The van der Waals surface area contributed by atoms with Gasteiger partial charge in [0.05, 0.1) is 18.6 Å². The second kappa shape index (κ2) is 8.12. The smallest absolute Gasteiger partial charge is 0.243 e. The zero-order valence-corrected chi connectivity index (χ0v) is 17.2. The van der Waals surface area contributed by atoms with Crippen molar-refractivity contribution < 1.29 is 17.7 Å². The van der Waals surface area contributed by atoms with Crippen molar-refractivity contribution in [1.82, 2.24) is 14.4 Å². The summed E-state index contributed by atoms with van der Waals surface area (Å²) in [5.41, 5.74) is 2.77. The Morgan fingerprint density at radius 2 is 1.86 bits per heavy atom. The molecule has 0 saturated heterocycles. The van der Waals surface area contributed by atoms with E-state index >= 15 is 0 Å². The van der Waals surface area contributed by atoms with Crippen molar-refractivity contribution in [3.8, 4) is 17.1 Å². The first-order valence-corrected chi connectivity index (χ1v) is 10.3. The van der Waals surface area contributed by atoms with E-state index in [-0.39, 0.29) is 17.3 Å². The first-order valence-electron chi connectivity index (χ1n) is 8.88. The second-order valence-electron chi connectivity index (χ2n) is 6.47. The standard InChI is InChI=1S/C20H23N3O4S/c1-5-15-12-17(10-11-18(15)26-4)28(24,25)23(3)13-19-21-20(22-27-19)16-8-6-14(2)7-9-16/h6-12H,5,13H2,1-4H3. The molecule has 0 fully saturated rings. The van der Waals surface area contributed by atoms with E-state index in [0.29, 0.717) is 18.0 Å². The number of aryl methyl sites for hydroxylation is 2. The maximum Gasteiger partial charge on any atom is 0.243 e. The fourth-order valence-electron chi connectivity index (χ4n) is 2.79. The molecule has 0 spiro atoms. The minimum Gasteiger partial charge on any atom is -0.496 e. The Morgan fingerprint density at radius 1 is 1.14 bits per heavy atom. The molecule has 1 heterocycles. The third-order valence-corrected chi connectivity index (χ3v) is 6.28. The number of aromatic nitrogens is 2. The highest BCUT2D eigenvalue weighted by Gasteiger charge is 2.24. The van der Waals surface area contributed by atoms with Gasteiger partial charge in [-0.1, -0.05) is 41.9 Å². The molecule has 8 heteroatoms. The number of rotatable bonds is 7. The highest BCUT2D eigenvalue weighted by molar-refractivity contribution is 7.89. The highest BCUT2D eigenvalue weighted by Crippen LogP contribution is 2.25. The molecule has 0 amide bonds. The van der Waals surface area contributed by atoms with Crippen LogP contribution >= 0.6 is 0 Å². The largest absolute Gasteiger partial charge is 0.496 e. The predicted molar refractivity (Wildman–Crippen MR) is 105 cm³/mol. The van der Waals surface area contributed by atoms with Gasteiger partial charge < -0.3 is 9.26 Å². The van der Waals surface area contributed by atoms with Crippen LogP contribution in [0.3, 0.4) is 0 Å². The van der Waals surface area contributed by atoms with E-state index in [2.05, 4.69) is 10.1 Å². The average molecular weight is 401 g/mol. The van der Waals surface area contributed by atoms with Crippen molar-refractivity contribution in [2.24, 2.45) is 0 Å². The Morgan fingerprint density at radius 3 is 2.50 bits per heavy atom. The molecule has 0 aliphatic heterocycles. The molecule has 0 aliphatic carbocycles. The Balaban J connectivity index is 1.80. The lowest BCUT2D eigenvalue weighted by atomic mass is 10.1. The van der Waals surface area contributed by atoms with Gasteiger partial charge in [-0.15, -0.1) is 0 Å². The van der Waals surface area contributed by atoms with Crippen LogP contribution in [0.15, 0.2) is 51.9 Å². The van der Waals surface area contributed by atoms with E-state index in [0.717, 1.165) is 16.7 Å². The maximum absolute atomic E-state index is 12.9. The predicted octanol–water partition coefficient (Wildman–Crippen LogP) is 3.44. The van der Waals surface area contributed by atoms with E-state index in [1.807, 2.05) is 38.1 Å². The van der Waals surface area contributed by atoms with Crippen LogP contribution in [0.4, 0.5) is 0 Å². The van der Waals surface area contributed by atoms with Gasteiger partial charge in [0.15, 0.2) is 0 Å². The fourth-order valence-corrected chi connectivity index (χ4v) is 3.96. The third-order valence-electron chi connectivity index (χ3n) is 4.48. The van der Waals surface area contributed by atoms with Crippen LogP contribution < -0.4 is 4.74 Å². The van der Waals surface area contributed by atoms with Crippen molar-refractivity contribution in [2.75, 3.05) is 14.2 Å². The van der Waals surface area contributed by atoms with Gasteiger partial charge in [0.25, 0.3) is 0 Å². The molecule has 1 aromatic heterocycles. The second-order valence-corrected chi connectivity index (χ2v) is 8.51. The van der Waals surface area contributed by atoms with Gasteiger partial charge in [0, 0.05) is 12.6 Å². The molecule has 7 nitrogen and oxygen atoms in total. The summed E-state index contributed by atoms with van der Waals surface area (Å²) in [7, 11) is -0.653. The SMILES string of the molecule is CCc1cc(S(=O)(=O)N(C)Cc2nc(-c3ccc(C)cc3)no2)ccc1OC. The Hall–Kier alpha value is -2.71. The molecule has 3 rings (SSSR count). The van der Waals surface area contributed by atoms with Gasteiger partial charge in [-0.3, -0.25) is 0 Å². The van der Waals surface area contributed by atoms with Crippen LogP contribution in [0.25, 0.3) is 11.4 Å². The van der Waals surface area contributed by atoms with Crippen molar-refractivity contribution in [2.45, 2.75) is 31.7 Å². The first kappa shape index (κ1) is 20.0. The van der Waals surface area contributed by atoms with Crippen molar-refractivity contribution >= 4 is 10.0 Å². The molecule has 0 radical (unpaired) electrons. The summed E-state index contributed by atoms with van der Waals surface area (Å²) in [5, 5.41) is 3.95. The summed E-state index contributed by atoms with van der Waals surface area (Å²) < 4.78 is 37.5. The summed E-state index contributed by atoms with van der Waals surface area (Å²) in [6, 6.07) is 12.5. The number of benzene rings is 2. The molecule has 148 valence electrons. The summed E-state index contributed by atoms with van der Waals surface area (Å²) in [5.74, 6) is 1.33. The zero-order valence-electron chi connectivity index (χ0n) is 16.3. The number of sulfonamides is 1. The number of nitrogens with zero attached hydrogens (tertiary/aromatic N) is 3. The summed E-state index contributed by atoms with van der Waals surface area (Å²) in [6.45, 7) is 3.92. The molecule has 28 heavy (non-hydrogen) atoms. The monoisotopic (exact) mass is 401 g/mol. The topological polar surface area (TPSA) is 85.5 Å². The van der Waals surface area contributed by atoms with Crippen molar-refractivity contribution in [3.63, 3.8) is 0 Å². The molecule has 0 saturated carbocycles. The lowest BCUT2D eigenvalue weighted by molar-refractivity contribution is 0.336. The molecule has 0 N–H and O–H groups in total. The molecule has 2 aromatic carbocycles. The van der Waals surface area contributed by atoms with Gasteiger partial charge in [-0.25, -0.2) is 8.42 Å². The first-order chi connectivity index (χ1) is 13.3. The lowest BCUT2D eigenvalue weighted by Crippen LogP contribution is -2.26. The highest BCUT2D eigenvalue weighted by atomic mass is 32.2. The van der Waals surface area contributed by atoms with Crippen LogP contribution in [0, 0.1) is 6.92 Å². The van der Waals surface area contributed by atoms with Gasteiger partial charge in [0.1, 0.15) is 5.75 Å². The zero-order chi connectivity index (χ0) is 20.3. The van der Waals surface area contributed by atoms with Gasteiger partial charge in [0.2, 0.25) is 21.7 Å². The normalized spacial score (nSPS) is 11.8. The molecular weight excluding hydrogens is 378 g/mol. The Kier molecular flexibility index (Phi) is 5.81. The number of hydrogen-bond acceptors (Lipinski definition) is 6. The quantitative estimate of drug-likeness (QED) is 0.603. The maximum atomic E-state index is 12.9. The van der Waals surface area contributed by atoms with E-state index in [1.54, 1.807) is 19.2 Å². The molecule has 3 aromatic rings. The molecule has 0 unspecified atom stereocenters. The fraction of sp³-hybridized carbons (Fsp3) is 0.300. The van der Waals surface area contributed by atoms with E-state index < -0.39 is 10.0 Å².